The zero-order chi connectivity index (χ0) is 19.8. The molecule has 0 fully saturated rings. The van der Waals surface area contributed by atoms with E-state index in [1.165, 1.54) is 36.9 Å². The quantitative estimate of drug-likeness (QED) is 0.412. The molecule has 0 bridgehead atoms. The van der Waals surface area contributed by atoms with E-state index in [1.807, 2.05) is 36.4 Å². The third-order valence-electron chi connectivity index (χ3n) is 4.99. The third-order valence-corrected chi connectivity index (χ3v) is 4.99. The Morgan fingerprint density at radius 1 is 0.893 bits per heavy atom. The van der Waals surface area contributed by atoms with Crippen LogP contribution in [-0.4, -0.2) is 26.2 Å². The highest BCUT2D eigenvalue weighted by atomic mass is 16.5. The van der Waals surface area contributed by atoms with Crippen molar-refractivity contribution in [3.8, 4) is 17.2 Å². The van der Waals surface area contributed by atoms with E-state index in [-0.39, 0.29) is 11.9 Å². The third kappa shape index (κ3) is 5.24. The van der Waals surface area contributed by atoms with E-state index in [2.05, 4.69) is 24.0 Å². The molecule has 3 rings (SSSR count). The van der Waals surface area contributed by atoms with Gasteiger partial charge in [0.25, 0.3) is 0 Å². The van der Waals surface area contributed by atoms with Crippen molar-refractivity contribution < 1.29 is 9.84 Å². The summed E-state index contributed by atoms with van der Waals surface area (Å²) >= 11 is 0. The van der Waals surface area contributed by atoms with Gasteiger partial charge in [0.2, 0.25) is 0 Å². The second kappa shape index (κ2) is 10.1. The highest BCUT2D eigenvalue weighted by Crippen LogP contribution is 2.28. The summed E-state index contributed by atoms with van der Waals surface area (Å²) in [5.41, 5.74) is 2.15. The van der Waals surface area contributed by atoms with Crippen LogP contribution in [0.3, 0.4) is 0 Å². The molecule has 28 heavy (non-hydrogen) atoms. The van der Waals surface area contributed by atoms with Crippen LogP contribution < -0.4 is 4.74 Å². The summed E-state index contributed by atoms with van der Waals surface area (Å²) in [5.74, 6) is 0.820. The highest BCUT2D eigenvalue weighted by molar-refractivity contribution is 5.73. The molecule has 0 saturated carbocycles. The van der Waals surface area contributed by atoms with Crippen LogP contribution in [0.15, 0.2) is 42.5 Å². The summed E-state index contributed by atoms with van der Waals surface area (Å²) < 4.78 is 6.18. The van der Waals surface area contributed by atoms with Gasteiger partial charge in [-0.05, 0) is 43.5 Å². The van der Waals surface area contributed by atoms with Gasteiger partial charge in [-0.3, -0.25) is 0 Å². The van der Waals surface area contributed by atoms with Crippen LogP contribution >= 0.6 is 0 Å². The van der Waals surface area contributed by atoms with Gasteiger partial charge in [-0.15, -0.1) is 15.0 Å². The first-order valence-electron chi connectivity index (χ1n) is 10.5. The summed E-state index contributed by atoms with van der Waals surface area (Å²) in [4.78, 5) is 1.47. The topological polar surface area (TPSA) is 60.2 Å². The summed E-state index contributed by atoms with van der Waals surface area (Å²) in [6, 6.07) is 13.0. The average molecular weight is 382 g/mol. The number of unbranched alkanes of at least 4 members (excludes halogenated alkanes) is 4. The molecule has 1 unspecified atom stereocenters. The zero-order valence-corrected chi connectivity index (χ0v) is 17.0. The summed E-state index contributed by atoms with van der Waals surface area (Å²) in [7, 11) is 0. The van der Waals surface area contributed by atoms with Crippen LogP contribution in [0, 0.1) is 0 Å². The lowest BCUT2D eigenvalue weighted by molar-refractivity contribution is 0.175. The maximum Gasteiger partial charge on any atom is 0.146 e. The molecule has 5 heteroatoms. The Morgan fingerprint density at radius 2 is 1.61 bits per heavy atom. The smallest absolute Gasteiger partial charge is 0.146 e. The van der Waals surface area contributed by atoms with Crippen molar-refractivity contribution in [3.05, 3.63) is 42.5 Å². The van der Waals surface area contributed by atoms with Gasteiger partial charge in [0.15, 0.2) is 0 Å². The van der Waals surface area contributed by atoms with Gasteiger partial charge in [-0.1, -0.05) is 58.1 Å². The summed E-state index contributed by atoms with van der Waals surface area (Å²) in [6.07, 6.45) is 9.71. The average Bonchev–Trinajstić information content (AvgIpc) is 3.12. The van der Waals surface area contributed by atoms with Gasteiger partial charge in [0.1, 0.15) is 28.2 Å². The number of ether oxygens (including phenoxy) is 1. The Kier molecular flexibility index (Phi) is 7.29. The van der Waals surface area contributed by atoms with E-state index in [9.17, 15) is 5.11 Å². The zero-order valence-electron chi connectivity index (χ0n) is 17.0. The Bertz CT molecular complexity index is 842. The number of phenolic OH excluding ortho intramolecular Hbond substituents is 1. The Labute approximate surface area is 167 Å². The van der Waals surface area contributed by atoms with Crippen LogP contribution in [0.4, 0.5) is 0 Å². The Hall–Kier alpha value is -2.56. The number of hydrogen-bond acceptors (Lipinski definition) is 4. The molecular weight excluding hydrogens is 350 g/mol. The van der Waals surface area contributed by atoms with Gasteiger partial charge in [0, 0.05) is 6.07 Å². The first kappa shape index (κ1) is 20.2. The normalized spacial score (nSPS) is 12.4. The van der Waals surface area contributed by atoms with Crippen molar-refractivity contribution >= 4 is 11.0 Å². The van der Waals surface area contributed by atoms with Crippen molar-refractivity contribution in [2.75, 3.05) is 0 Å². The number of hydrogen-bond donors (Lipinski definition) is 1. The van der Waals surface area contributed by atoms with E-state index in [4.69, 9.17) is 4.74 Å². The van der Waals surface area contributed by atoms with Gasteiger partial charge < -0.3 is 9.84 Å². The van der Waals surface area contributed by atoms with Crippen LogP contribution in [0.1, 0.15) is 65.2 Å². The standard InChI is InChI=1S/C23H31N3O2/c1-3-5-6-7-8-12-18(11-4-2)28-19-15-16-22(23(27)17-19)26-24-20-13-9-10-14-21(20)25-26/h9-10,13-18,27H,3-8,11-12H2,1-2H3. The minimum absolute atomic E-state index is 0.121. The fourth-order valence-electron chi connectivity index (χ4n) is 3.47. The fourth-order valence-corrected chi connectivity index (χ4v) is 3.47. The second-order valence-corrected chi connectivity index (χ2v) is 7.36. The number of phenols is 1. The summed E-state index contributed by atoms with van der Waals surface area (Å²) in [5, 5.41) is 19.4. The molecule has 0 aliphatic heterocycles. The van der Waals surface area contributed by atoms with Crippen molar-refractivity contribution in [3.63, 3.8) is 0 Å². The monoisotopic (exact) mass is 381 g/mol. The molecule has 0 spiro atoms. The molecule has 0 aliphatic rings. The van der Waals surface area contributed by atoms with E-state index in [0.29, 0.717) is 11.4 Å². The number of rotatable bonds is 11. The largest absolute Gasteiger partial charge is 0.505 e. The molecular formula is C23H31N3O2. The summed E-state index contributed by atoms with van der Waals surface area (Å²) in [6.45, 7) is 4.42. The maximum atomic E-state index is 10.5. The van der Waals surface area contributed by atoms with E-state index in [0.717, 1.165) is 30.3 Å². The molecule has 150 valence electrons. The van der Waals surface area contributed by atoms with Crippen LogP contribution in [0.2, 0.25) is 0 Å². The molecule has 1 atom stereocenters. The fraction of sp³-hybridized carbons (Fsp3) is 0.478. The molecule has 0 saturated heterocycles. The molecule has 0 amide bonds. The van der Waals surface area contributed by atoms with Crippen molar-refractivity contribution in [2.45, 2.75) is 71.3 Å². The minimum Gasteiger partial charge on any atom is -0.505 e. The first-order valence-corrected chi connectivity index (χ1v) is 10.5. The number of nitrogens with zero attached hydrogens (tertiary/aromatic N) is 3. The molecule has 0 aliphatic carbocycles. The molecule has 1 N–H and O–H groups in total. The van der Waals surface area contributed by atoms with Crippen molar-refractivity contribution in [1.29, 1.82) is 0 Å². The predicted molar refractivity (Wildman–Crippen MR) is 113 cm³/mol. The Balaban J connectivity index is 1.66. The van der Waals surface area contributed by atoms with E-state index in [1.54, 1.807) is 6.07 Å². The SMILES string of the molecule is CCCCCCCC(CCC)Oc1ccc(-n2nc3ccccc3n2)c(O)c1. The minimum atomic E-state index is 0.121. The molecule has 0 radical (unpaired) electrons. The van der Waals surface area contributed by atoms with E-state index >= 15 is 0 Å². The second-order valence-electron chi connectivity index (χ2n) is 7.36. The van der Waals surface area contributed by atoms with Crippen molar-refractivity contribution in [2.24, 2.45) is 0 Å². The number of aromatic nitrogens is 3. The lowest BCUT2D eigenvalue weighted by Crippen LogP contribution is -2.16. The number of benzene rings is 2. The van der Waals surface area contributed by atoms with Crippen molar-refractivity contribution in [1.82, 2.24) is 15.0 Å². The van der Waals surface area contributed by atoms with E-state index < -0.39 is 0 Å². The molecule has 5 nitrogen and oxygen atoms in total. The van der Waals surface area contributed by atoms with Gasteiger partial charge in [-0.25, -0.2) is 0 Å². The number of aromatic hydroxyl groups is 1. The number of fused-ring (bicyclic) bond motifs is 1. The molecule has 2 aromatic carbocycles. The maximum absolute atomic E-state index is 10.5. The highest BCUT2D eigenvalue weighted by Gasteiger charge is 2.13. The van der Waals surface area contributed by atoms with Crippen LogP contribution in [-0.2, 0) is 0 Å². The predicted octanol–water partition coefficient (Wildman–Crippen LogP) is 6.03. The van der Waals surface area contributed by atoms with Gasteiger partial charge >= 0.3 is 0 Å². The molecule has 3 aromatic rings. The van der Waals surface area contributed by atoms with Crippen LogP contribution in [0.5, 0.6) is 11.5 Å². The Morgan fingerprint density at radius 3 is 2.25 bits per heavy atom. The lowest BCUT2D eigenvalue weighted by Gasteiger charge is -2.19. The van der Waals surface area contributed by atoms with Crippen LogP contribution in [0.25, 0.3) is 16.7 Å². The molecule has 1 heterocycles. The van der Waals surface area contributed by atoms with Gasteiger partial charge in [-0.2, -0.15) is 0 Å². The molecule has 1 aromatic heterocycles. The lowest BCUT2D eigenvalue weighted by atomic mass is 10.0. The van der Waals surface area contributed by atoms with Gasteiger partial charge in [0.05, 0.1) is 6.10 Å². The first-order chi connectivity index (χ1) is 13.7.